The Hall–Kier alpha value is -0.840. The highest BCUT2D eigenvalue weighted by Gasteiger charge is 2.24. The molecule has 6 heteroatoms. The standard InChI is InChI=1S/C9H8Cl2FNO2/c1-15-9(14)8(13)6-4(10)2-3-5(11)7(6)12/h2-3,8H,13H2,1H3/t8-/m1/s1. The zero-order valence-corrected chi connectivity index (χ0v) is 9.27. The SMILES string of the molecule is COC(=O)[C@H](N)c1c(Cl)ccc(Cl)c1F. The number of hydrogen-bond acceptors (Lipinski definition) is 3. The van der Waals surface area contributed by atoms with Gasteiger partial charge in [0.05, 0.1) is 12.1 Å². The smallest absolute Gasteiger partial charge is 0.327 e. The molecular weight excluding hydrogens is 244 g/mol. The van der Waals surface area contributed by atoms with Gasteiger partial charge >= 0.3 is 5.97 Å². The van der Waals surface area contributed by atoms with E-state index in [1.54, 1.807) is 0 Å². The van der Waals surface area contributed by atoms with Gasteiger partial charge < -0.3 is 10.5 Å². The van der Waals surface area contributed by atoms with E-state index in [4.69, 9.17) is 28.9 Å². The summed E-state index contributed by atoms with van der Waals surface area (Å²) in [6.45, 7) is 0. The summed E-state index contributed by atoms with van der Waals surface area (Å²) in [5.41, 5.74) is 5.31. The first-order valence-corrected chi connectivity index (χ1v) is 4.71. The Labute approximate surface area is 95.9 Å². The largest absolute Gasteiger partial charge is 0.468 e. The maximum absolute atomic E-state index is 13.5. The molecule has 1 aromatic rings. The van der Waals surface area contributed by atoms with Crippen molar-refractivity contribution in [3.8, 4) is 0 Å². The van der Waals surface area contributed by atoms with E-state index < -0.39 is 17.8 Å². The Morgan fingerprint density at radius 2 is 2.00 bits per heavy atom. The number of ether oxygens (including phenoxy) is 1. The van der Waals surface area contributed by atoms with E-state index in [0.29, 0.717) is 0 Å². The zero-order valence-electron chi connectivity index (χ0n) is 7.76. The van der Waals surface area contributed by atoms with Crippen LogP contribution in [0.15, 0.2) is 12.1 Å². The summed E-state index contributed by atoms with van der Waals surface area (Å²) in [6.07, 6.45) is 0. The van der Waals surface area contributed by atoms with Crippen LogP contribution in [-0.4, -0.2) is 13.1 Å². The van der Waals surface area contributed by atoms with Gasteiger partial charge in [0, 0.05) is 10.6 Å². The Morgan fingerprint density at radius 1 is 1.47 bits per heavy atom. The molecule has 0 bridgehead atoms. The second kappa shape index (κ2) is 4.79. The number of rotatable bonds is 2. The van der Waals surface area contributed by atoms with Gasteiger partial charge in [-0.1, -0.05) is 23.2 Å². The van der Waals surface area contributed by atoms with E-state index in [1.807, 2.05) is 0 Å². The number of carbonyl (C=O) groups is 1. The van der Waals surface area contributed by atoms with Crippen LogP contribution in [0.2, 0.25) is 10.0 Å². The number of carbonyl (C=O) groups excluding carboxylic acids is 1. The zero-order chi connectivity index (χ0) is 11.6. The molecule has 0 heterocycles. The molecule has 0 fully saturated rings. The van der Waals surface area contributed by atoms with Crippen molar-refractivity contribution in [2.75, 3.05) is 7.11 Å². The van der Waals surface area contributed by atoms with Gasteiger partial charge in [0.25, 0.3) is 0 Å². The Bertz CT molecular complexity index is 398. The summed E-state index contributed by atoms with van der Waals surface area (Å²) in [6, 6.07) is 1.37. The van der Waals surface area contributed by atoms with Crippen molar-refractivity contribution >= 4 is 29.2 Å². The van der Waals surface area contributed by atoms with Crippen LogP contribution in [0.4, 0.5) is 4.39 Å². The van der Waals surface area contributed by atoms with E-state index in [9.17, 15) is 9.18 Å². The van der Waals surface area contributed by atoms with Crippen LogP contribution in [0.3, 0.4) is 0 Å². The number of halogens is 3. The van der Waals surface area contributed by atoms with Crippen molar-refractivity contribution in [3.63, 3.8) is 0 Å². The molecule has 82 valence electrons. The van der Waals surface area contributed by atoms with E-state index in [-0.39, 0.29) is 15.6 Å². The third-order valence-electron chi connectivity index (χ3n) is 1.85. The first-order valence-electron chi connectivity index (χ1n) is 3.95. The third-order valence-corrected chi connectivity index (χ3v) is 2.47. The van der Waals surface area contributed by atoms with Gasteiger partial charge in [-0.15, -0.1) is 0 Å². The highest BCUT2D eigenvalue weighted by atomic mass is 35.5. The van der Waals surface area contributed by atoms with E-state index >= 15 is 0 Å². The molecule has 0 aliphatic rings. The van der Waals surface area contributed by atoms with Crippen molar-refractivity contribution in [1.29, 1.82) is 0 Å². The quantitative estimate of drug-likeness (QED) is 0.649. The van der Waals surface area contributed by atoms with Crippen molar-refractivity contribution < 1.29 is 13.9 Å². The molecule has 1 aromatic carbocycles. The van der Waals surface area contributed by atoms with Crippen LogP contribution in [0.25, 0.3) is 0 Å². The van der Waals surface area contributed by atoms with E-state index in [0.717, 1.165) is 7.11 Å². The number of esters is 1. The first-order chi connectivity index (χ1) is 6.99. The summed E-state index contributed by atoms with van der Waals surface area (Å²) < 4.78 is 17.9. The van der Waals surface area contributed by atoms with Gasteiger partial charge in [0.1, 0.15) is 11.9 Å². The lowest BCUT2D eigenvalue weighted by Crippen LogP contribution is -2.24. The second-order valence-electron chi connectivity index (χ2n) is 2.76. The molecule has 0 saturated heterocycles. The summed E-state index contributed by atoms with van der Waals surface area (Å²) in [4.78, 5) is 11.1. The maximum Gasteiger partial charge on any atom is 0.327 e. The predicted octanol–water partition coefficient (Wildman–Crippen LogP) is 2.31. The van der Waals surface area contributed by atoms with Crippen LogP contribution < -0.4 is 5.73 Å². The minimum absolute atomic E-state index is 0.0369. The number of benzene rings is 1. The number of methoxy groups -OCH3 is 1. The molecular formula is C9H8Cl2FNO2. The van der Waals surface area contributed by atoms with Crippen LogP contribution in [0.1, 0.15) is 11.6 Å². The first kappa shape index (κ1) is 12.2. The highest BCUT2D eigenvalue weighted by Crippen LogP contribution is 2.29. The van der Waals surface area contributed by atoms with Crippen molar-refractivity contribution in [3.05, 3.63) is 33.6 Å². The molecule has 0 unspecified atom stereocenters. The monoisotopic (exact) mass is 251 g/mol. The van der Waals surface area contributed by atoms with Gasteiger partial charge in [-0.25, -0.2) is 4.39 Å². The average Bonchev–Trinajstić information content (AvgIpc) is 2.22. The number of nitrogens with two attached hydrogens (primary N) is 1. The third kappa shape index (κ3) is 2.40. The maximum atomic E-state index is 13.5. The summed E-state index contributed by atoms with van der Waals surface area (Å²) in [5.74, 6) is -1.58. The van der Waals surface area contributed by atoms with Gasteiger partial charge in [-0.2, -0.15) is 0 Å². The minimum Gasteiger partial charge on any atom is -0.468 e. The molecule has 1 atom stereocenters. The van der Waals surface area contributed by atoms with Gasteiger partial charge in [-0.3, -0.25) is 4.79 Å². The molecule has 0 aliphatic carbocycles. The van der Waals surface area contributed by atoms with Crippen LogP contribution in [0, 0.1) is 5.82 Å². The summed E-state index contributed by atoms with van der Waals surface area (Å²) >= 11 is 11.2. The summed E-state index contributed by atoms with van der Waals surface area (Å²) in [5, 5.41) is -0.108. The van der Waals surface area contributed by atoms with Gasteiger partial charge in [0.15, 0.2) is 0 Å². The molecule has 0 aliphatic heterocycles. The van der Waals surface area contributed by atoms with Crippen molar-refractivity contribution in [1.82, 2.24) is 0 Å². The lowest BCUT2D eigenvalue weighted by Gasteiger charge is -2.12. The lowest BCUT2D eigenvalue weighted by molar-refractivity contribution is -0.142. The normalized spacial score (nSPS) is 12.3. The molecule has 0 aromatic heterocycles. The Balaban J connectivity index is 3.24. The van der Waals surface area contributed by atoms with Crippen LogP contribution in [0.5, 0.6) is 0 Å². The fourth-order valence-corrected chi connectivity index (χ4v) is 1.50. The predicted molar refractivity (Wildman–Crippen MR) is 55.4 cm³/mol. The molecule has 15 heavy (non-hydrogen) atoms. The van der Waals surface area contributed by atoms with E-state index in [1.165, 1.54) is 12.1 Å². The molecule has 0 amide bonds. The minimum atomic E-state index is -1.28. The van der Waals surface area contributed by atoms with Crippen LogP contribution in [-0.2, 0) is 9.53 Å². The fraction of sp³-hybridized carbons (Fsp3) is 0.222. The van der Waals surface area contributed by atoms with Crippen molar-refractivity contribution in [2.24, 2.45) is 5.73 Å². The van der Waals surface area contributed by atoms with Gasteiger partial charge in [0.2, 0.25) is 0 Å². The lowest BCUT2D eigenvalue weighted by atomic mass is 10.1. The molecule has 0 spiro atoms. The van der Waals surface area contributed by atoms with E-state index in [2.05, 4.69) is 4.74 Å². The highest BCUT2D eigenvalue weighted by molar-refractivity contribution is 6.34. The average molecular weight is 252 g/mol. The Morgan fingerprint density at radius 3 is 2.53 bits per heavy atom. The molecule has 0 radical (unpaired) electrons. The molecule has 2 N–H and O–H groups in total. The van der Waals surface area contributed by atoms with Crippen LogP contribution >= 0.6 is 23.2 Å². The molecule has 1 rings (SSSR count). The number of hydrogen-bond donors (Lipinski definition) is 1. The summed E-state index contributed by atoms with van der Waals surface area (Å²) in [7, 11) is 1.15. The Kier molecular flexibility index (Phi) is 3.90. The fourth-order valence-electron chi connectivity index (χ4n) is 1.07. The van der Waals surface area contributed by atoms with Crippen molar-refractivity contribution in [2.45, 2.75) is 6.04 Å². The van der Waals surface area contributed by atoms with Gasteiger partial charge in [-0.05, 0) is 12.1 Å². The second-order valence-corrected chi connectivity index (χ2v) is 3.57. The molecule has 0 saturated carbocycles. The molecule has 3 nitrogen and oxygen atoms in total. The topological polar surface area (TPSA) is 52.3 Å².